The molecule has 0 aliphatic carbocycles. The van der Waals surface area contributed by atoms with Crippen LogP contribution in [0.25, 0.3) is 0 Å². The summed E-state index contributed by atoms with van der Waals surface area (Å²) in [5.74, 6) is -4.01. The summed E-state index contributed by atoms with van der Waals surface area (Å²) in [6.07, 6.45) is -5.20. The van der Waals surface area contributed by atoms with Crippen LogP contribution in [0.15, 0.2) is 52.4 Å². The molecule has 0 radical (unpaired) electrons. The average Bonchev–Trinajstić information content (AvgIpc) is 3.22. The SMILES string of the molecule is CCSC1=C(C#N)[C@@H](c2ccccc2Cl)[C@H](C(=O)c2cccs2)[C@](O)(C(F)(F)F)N1. The van der Waals surface area contributed by atoms with Crippen molar-refractivity contribution in [2.45, 2.75) is 24.7 Å². The van der Waals surface area contributed by atoms with Crippen molar-refractivity contribution >= 4 is 40.5 Å². The van der Waals surface area contributed by atoms with E-state index in [1.165, 1.54) is 24.3 Å². The van der Waals surface area contributed by atoms with Gasteiger partial charge in [0.1, 0.15) is 0 Å². The Morgan fingerprint density at radius 3 is 2.60 bits per heavy atom. The third-order valence-corrected chi connectivity index (χ3v) is 6.90. The van der Waals surface area contributed by atoms with Gasteiger partial charge in [0.05, 0.1) is 27.5 Å². The number of Topliss-reactive ketones (excluding diaryl/α,β-unsaturated/α-hetero) is 1. The van der Waals surface area contributed by atoms with Crippen LogP contribution in [-0.4, -0.2) is 28.5 Å². The molecule has 0 saturated heterocycles. The van der Waals surface area contributed by atoms with Crippen LogP contribution in [0.1, 0.15) is 28.1 Å². The molecule has 3 atom stereocenters. The van der Waals surface area contributed by atoms with Gasteiger partial charge in [-0.05, 0) is 28.8 Å². The zero-order valence-electron chi connectivity index (χ0n) is 15.5. The van der Waals surface area contributed by atoms with Gasteiger partial charge in [-0.3, -0.25) is 4.79 Å². The van der Waals surface area contributed by atoms with Crippen molar-refractivity contribution in [3.05, 3.63) is 67.8 Å². The Labute approximate surface area is 184 Å². The molecule has 0 spiro atoms. The molecule has 0 unspecified atom stereocenters. The number of hydrogen-bond acceptors (Lipinski definition) is 6. The Balaban J connectivity index is 2.35. The molecule has 2 aromatic rings. The van der Waals surface area contributed by atoms with Gasteiger partial charge >= 0.3 is 6.18 Å². The number of carbonyl (C=O) groups excluding carboxylic acids is 1. The largest absolute Gasteiger partial charge is 0.437 e. The van der Waals surface area contributed by atoms with E-state index in [0.29, 0.717) is 5.75 Å². The summed E-state index contributed by atoms with van der Waals surface area (Å²) in [6.45, 7) is 1.70. The Morgan fingerprint density at radius 2 is 2.07 bits per heavy atom. The highest BCUT2D eigenvalue weighted by Crippen LogP contribution is 2.52. The number of rotatable bonds is 5. The molecule has 2 heterocycles. The number of benzene rings is 1. The van der Waals surface area contributed by atoms with E-state index in [2.05, 4.69) is 5.32 Å². The summed E-state index contributed by atoms with van der Waals surface area (Å²) in [4.78, 5) is 13.3. The number of ketones is 1. The zero-order valence-corrected chi connectivity index (χ0v) is 17.9. The Morgan fingerprint density at radius 1 is 1.37 bits per heavy atom. The van der Waals surface area contributed by atoms with E-state index in [0.717, 1.165) is 23.1 Å². The molecule has 0 saturated carbocycles. The van der Waals surface area contributed by atoms with Crippen molar-refractivity contribution in [3.63, 3.8) is 0 Å². The highest BCUT2D eigenvalue weighted by molar-refractivity contribution is 8.03. The number of aliphatic hydroxyl groups is 1. The molecule has 2 N–H and O–H groups in total. The molecule has 30 heavy (non-hydrogen) atoms. The lowest BCUT2D eigenvalue weighted by atomic mass is 9.70. The number of thioether (sulfide) groups is 1. The van der Waals surface area contributed by atoms with Crippen molar-refractivity contribution in [3.8, 4) is 6.07 Å². The number of nitriles is 1. The van der Waals surface area contributed by atoms with E-state index < -0.39 is 29.5 Å². The second kappa shape index (κ2) is 8.63. The van der Waals surface area contributed by atoms with Crippen molar-refractivity contribution < 1.29 is 23.1 Å². The van der Waals surface area contributed by atoms with E-state index in [1.807, 2.05) is 6.07 Å². The Hall–Kier alpha value is -1.99. The molecular formula is C20H16ClF3N2O2S2. The van der Waals surface area contributed by atoms with E-state index >= 15 is 0 Å². The van der Waals surface area contributed by atoms with Gasteiger partial charge in [0.2, 0.25) is 5.72 Å². The van der Waals surface area contributed by atoms with E-state index in [-0.39, 0.29) is 26.1 Å². The molecule has 1 aliphatic heterocycles. The number of allylic oxidation sites excluding steroid dienone is 1. The third kappa shape index (κ3) is 3.85. The van der Waals surface area contributed by atoms with Gasteiger partial charge in [-0.25, -0.2) is 0 Å². The van der Waals surface area contributed by atoms with Crippen molar-refractivity contribution in [1.29, 1.82) is 5.26 Å². The predicted octanol–water partition coefficient (Wildman–Crippen LogP) is 5.33. The Bertz CT molecular complexity index is 1020. The first-order valence-corrected chi connectivity index (χ1v) is 11.1. The molecule has 1 aliphatic rings. The van der Waals surface area contributed by atoms with Crippen molar-refractivity contribution in [2.75, 3.05) is 5.75 Å². The van der Waals surface area contributed by atoms with Crippen LogP contribution in [0.2, 0.25) is 5.02 Å². The fourth-order valence-electron chi connectivity index (χ4n) is 3.47. The lowest BCUT2D eigenvalue weighted by Crippen LogP contribution is -2.66. The van der Waals surface area contributed by atoms with Gasteiger partial charge in [-0.15, -0.1) is 23.1 Å². The lowest BCUT2D eigenvalue weighted by Gasteiger charge is -2.45. The smallest absolute Gasteiger partial charge is 0.363 e. The molecule has 10 heteroatoms. The fraction of sp³-hybridized carbons (Fsp3) is 0.300. The third-order valence-electron chi connectivity index (χ3n) is 4.77. The number of thiophene rings is 1. The normalized spacial score (nSPS) is 24.3. The van der Waals surface area contributed by atoms with E-state index in [1.54, 1.807) is 24.4 Å². The average molecular weight is 473 g/mol. The molecule has 4 nitrogen and oxygen atoms in total. The van der Waals surface area contributed by atoms with Gasteiger partial charge in [-0.2, -0.15) is 18.4 Å². The Kier molecular flexibility index (Phi) is 6.53. The lowest BCUT2D eigenvalue weighted by molar-refractivity contribution is -0.285. The summed E-state index contributed by atoms with van der Waals surface area (Å²) < 4.78 is 42.6. The van der Waals surface area contributed by atoms with Crippen molar-refractivity contribution in [2.24, 2.45) is 5.92 Å². The molecule has 158 valence electrons. The summed E-state index contributed by atoms with van der Waals surface area (Å²) in [5, 5.41) is 24.4. The van der Waals surface area contributed by atoms with Crippen LogP contribution in [-0.2, 0) is 0 Å². The minimum atomic E-state index is -5.20. The standard InChI is InChI=1S/C20H16ClF3N2O2S2/c1-2-29-18-12(10-25)15(11-6-3-4-7-13(11)21)16(17(27)14-8-5-9-30-14)19(28,26-18)20(22,23)24/h3-9,15-16,26,28H,2H2,1H3/t15-,16-,19+/m1/s1. The molecule has 1 aromatic heterocycles. The topological polar surface area (TPSA) is 73.1 Å². The number of alkyl halides is 3. The second-order valence-electron chi connectivity index (χ2n) is 6.50. The second-order valence-corrected chi connectivity index (χ2v) is 9.12. The zero-order chi connectivity index (χ0) is 22.1. The molecular weight excluding hydrogens is 457 g/mol. The van der Waals surface area contributed by atoms with Crippen LogP contribution >= 0.6 is 34.7 Å². The van der Waals surface area contributed by atoms with Gasteiger partial charge in [0.15, 0.2) is 5.78 Å². The summed E-state index contributed by atoms with van der Waals surface area (Å²) >= 11 is 8.19. The number of halogens is 4. The predicted molar refractivity (Wildman–Crippen MR) is 111 cm³/mol. The van der Waals surface area contributed by atoms with Crippen LogP contribution in [0.4, 0.5) is 13.2 Å². The van der Waals surface area contributed by atoms with Gasteiger partial charge in [-0.1, -0.05) is 42.8 Å². The maximum Gasteiger partial charge on any atom is 0.437 e. The fourth-order valence-corrected chi connectivity index (χ4v) is 5.27. The molecule has 3 rings (SSSR count). The minimum absolute atomic E-state index is 0.0467. The number of hydrogen-bond donors (Lipinski definition) is 2. The number of nitrogens with one attached hydrogen (secondary N) is 1. The summed E-state index contributed by atoms with van der Waals surface area (Å²) in [7, 11) is 0. The number of nitrogens with zero attached hydrogens (tertiary/aromatic N) is 1. The summed E-state index contributed by atoms with van der Waals surface area (Å²) in [5.41, 5.74) is -3.49. The van der Waals surface area contributed by atoms with Crippen LogP contribution in [0.3, 0.4) is 0 Å². The van der Waals surface area contributed by atoms with Gasteiger partial charge < -0.3 is 10.4 Å². The number of carbonyl (C=O) groups is 1. The van der Waals surface area contributed by atoms with E-state index in [9.17, 15) is 28.3 Å². The van der Waals surface area contributed by atoms with Gasteiger partial charge in [0, 0.05) is 10.9 Å². The molecule has 0 fully saturated rings. The first-order valence-electron chi connectivity index (χ1n) is 8.82. The maximum absolute atomic E-state index is 14.2. The van der Waals surface area contributed by atoms with Crippen molar-refractivity contribution in [1.82, 2.24) is 5.32 Å². The molecule has 1 aromatic carbocycles. The van der Waals surface area contributed by atoms with E-state index in [4.69, 9.17) is 11.6 Å². The first kappa shape index (κ1) is 22.7. The first-order chi connectivity index (χ1) is 14.2. The van der Waals surface area contributed by atoms with Gasteiger partial charge in [0.25, 0.3) is 0 Å². The van der Waals surface area contributed by atoms with Crippen LogP contribution < -0.4 is 5.32 Å². The monoisotopic (exact) mass is 472 g/mol. The summed E-state index contributed by atoms with van der Waals surface area (Å²) in [6, 6.07) is 11.0. The molecule has 0 amide bonds. The maximum atomic E-state index is 14.2. The highest BCUT2D eigenvalue weighted by atomic mass is 35.5. The quantitative estimate of drug-likeness (QED) is 0.576. The minimum Gasteiger partial charge on any atom is -0.363 e. The van der Waals surface area contributed by atoms with Crippen LogP contribution in [0, 0.1) is 17.2 Å². The highest BCUT2D eigenvalue weighted by Gasteiger charge is 2.66. The van der Waals surface area contributed by atoms with Crippen LogP contribution in [0.5, 0.6) is 0 Å². The molecule has 0 bridgehead atoms.